The van der Waals surface area contributed by atoms with Crippen LogP contribution < -0.4 is 5.32 Å². The fourth-order valence-corrected chi connectivity index (χ4v) is 5.23. The molecule has 0 fully saturated rings. The number of fused-ring (bicyclic) bond motifs is 1. The van der Waals surface area contributed by atoms with E-state index in [-0.39, 0.29) is 5.91 Å². The molecule has 0 radical (unpaired) electrons. The monoisotopic (exact) mass is 439 g/mol. The second-order valence-corrected chi connectivity index (χ2v) is 9.58. The molecule has 154 valence electrons. The van der Waals surface area contributed by atoms with E-state index in [0.29, 0.717) is 16.3 Å². The van der Waals surface area contributed by atoms with E-state index >= 15 is 0 Å². The summed E-state index contributed by atoms with van der Waals surface area (Å²) in [7, 11) is 1.34. The van der Waals surface area contributed by atoms with Gasteiger partial charge in [-0.3, -0.25) is 9.20 Å². The number of thiophene rings is 1. The summed E-state index contributed by atoms with van der Waals surface area (Å²) in [5, 5.41) is 3.34. The van der Waals surface area contributed by atoms with Crippen molar-refractivity contribution in [2.24, 2.45) is 0 Å². The number of ether oxygens (including phenoxy) is 1. The molecule has 30 heavy (non-hydrogen) atoms. The third-order valence-corrected chi connectivity index (χ3v) is 6.93. The maximum atomic E-state index is 12.9. The van der Waals surface area contributed by atoms with E-state index < -0.39 is 5.97 Å². The van der Waals surface area contributed by atoms with E-state index in [4.69, 9.17) is 4.74 Å². The van der Waals surface area contributed by atoms with Crippen molar-refractivity contribution in [3.05, 3.63) is 62.7 Å². The van der Waals surface area contributed by atoms with Crippen LogP contribution in [0.2, 0.25) is 0 Å². The number of aromatic nitrogens is 2. The first-order chi connectivity index (χ1) is 14.3. The second-order valence-electron chi connectivity index (χ2n) is 7.14. The molecular weight excluding hydrogens is 418 g/mol. The van der Waals surface area contributed by atoms with E-state index in [0.717, 1.165) is 31.4 Å². The largest absolute Gasteiger partial charge is 0.465 e. The Morgan fingerprint density at radius 3 is 2.50 bits per heavy atom. The summed E-state index contributed by atoms with van der Waals surface area (Å²) in [6.07, 6.45) is 3.62. The number of hydrogen-bond acceptors (Lipinski definition) is 6. The lowest BCUT2D eigenvalue weighted by molar-refractivity contribution is 0.0603. The van der Waals surface area contributed by atoms with Crippen LogP contribution in [0.1, 0.15) is 41.7 Å². The lowest BCUT2D eigenvalue weighted by Gasteiger charge is -2.09. The molecule has 0 unspecified atom stereocenters. The highest BCUT2D eigenvalue weighted by molar-refractivity contribution is 7.17. The Kier molecular flexibility index (Phi) is 5.21. The van der Waals surface area contributed by atoms with Crippen LogP contribution in [0.15, 0.2) is 30.6 Å². The van der Waals surface area contributed by atoms with E-state index in [1.165, 1.54) is 35.3 Å². The zero-order valence-corrected chi connectivity index (χ0v) is 19.0. The number of imidazole rings is 1. The summed E-state index contributed by atoms with van der Waals surface area (Å²) in [6, 6.07) is 6.07. The smallest absolute Gasteiger partial charge is 0.341 e. The van der Waals surface area contributed by atoms with Gasteiger partial charge in [0.1, 0.15) is 16.3 Å². The molecule has 3 heterocycles. The Bertz CT molecular complexity index is 1270. The molecule has 0 saturated heterocycles. The van der Waals surface area contributed by atoms with Gasteiger partial charge in [0, 0.05) is 27.7 Å². The summed E-state index contributed by atoms with van der Waals surface area (Å²) in [4.78, 5) is 32.7. The average molecular weight is 440 g/mol. The third-order valence-electron chi connectivity index (χ3n) is 5.00. The molecule has 1 aromatic carbocycles. The fourth-order valence-electron chi connectivity index (χ4n) is 3.36. The minimum atomic E-state index is -0.482. The van der Waals surface area contributed by atoms with Crippen LogP contribution in [-0.4, -0.2) is 28.4 Å². The highest BCUT2D eigenvalue weighted by Crippen LogP contribution is 2.41. The molecule has 0 spiro atoms. The molecule has 3 aromatic heterocycles. The SMILES string of the molecule is COC(=O)c1c(NC(=O)c2cn3cc(C)sc3n2)sc(C)c1-c1ccc(C)c(C)c1. The molecular formula is C22H21N3O3S2. The molecule has 8 heteroatoms. The van der Waals surface area contributed by atoms with Crippen LogP contribution >= 0.6 is 22.7 Å². The number of nitrogens with zero attached hydrogens (tertiary/aromatic N) is 2. The van der Waals surface area contributed by atoms with Crippen molar-refractivity contribution in [2.75, 3.05) is 12.4 Å². The van der Waals surface area contributed by atoms with Gasteiger partial charge in [0.15, 0.2) is 4.96 Å². The van der Waals surface area contributed by atoms with Gasteiger partial charge in [-0.25, -0.2) is 9.78 Å². The molecule has 4 rings (SSSR count). The Morgan fingerprint density at radius 2 is 1.83 bits per heavy atom. The van der Waals surface area contributed by atoms with Gasteiger partial charge in [0.2, 0.25) is 0 Å². The maximum Gasteiger partial charge on any atom is 0.341 e. The number of amides is 1. The number of nitrogens with one attached hydrogen (secondary N) is 1. The molecule has 4 aromatic rings. The molecule has 0 saturated carbocycles. The molecule has 1 N–H and O–H groups in total. The van der Waals surface area contributed by atoms with Gasteiger partial charge in [-0.1, -0.05) is 18.2 Å². The summed E-state index contributed by atoms with van der Waals surface area (Å²) in [6.45, 7) is 8.01. The number of carbonyl (C=O) groups is 2. The number of rotatable bonds is 4. The predicted molar refractivity (Wildman–Crippen MR) is 121 cm³/mol. The molecule has 1 amide bonds. The van der Waals surface area contributed by atoms with Crippen LogP contribution in [0.25, 0.3) is 16.1 Å². The van der Waals surface area contributed by atoms with Gasteiger partial charge < -0.3 is 10.1 Å². The van der Waals surface area contributed by atoms with E-state index in [9.17, 15) is 9.59 Å². The summed E-state index contributed by atoms with van der Waals surface area (Å²) in [5.41, 5.74) is 4.68. The molecule has 0 aliphatic carbocycles. The number of esters is 1. The Hall–Kier alpha value is -2.97. The van der Waals surface area contributed by atoms with Crippen molar-refractivity contribution in [2.45, 2.75) is 27.7 Å². The van der Waals surface area contributed by atoms with Crippen LogP contribution in [0.5, 0.6) is 0 Å². The molecule has 0 aliphatic heterocycles. The number of hydrogen-bond donors (Lipinski definition) is 1. The lowest BCUT2D eigenvalue weighted by atomic mass is 9.97. The van der Waals surface area contributed by atoms with Crippen molar-refractivity contribution >= 4 is 44.5 Å². The molecule has 6 nitrogen and oxygen atoms in total. The number of thiazole rings is 1. The van der Waals surface area contributed by atoms with Crippen LogP contribution in [-0.2, 0) is 4.74 Å². The van der Waals surface area contributed by atoms with Crippen LogP contribution in [0.4, 0.5) is 5.00 Å². The van der Waals surface area contributed by atoms with Crippen molar-refractivity contribution < 1.29 is 14.3 Å². The van der Waals surface area contributed by atoms with Gasteiger partial charge in [-0.05, 0) is 44.4 Å². The topological polar surface area (TPSA) is 72.7 Å². The van der Waals surface area contributed by atoms with Gasteiger partial charge >= 0.3 is 5.97 Å². The normalized spacial score (nSPS) is 11.1. The highest BCUT2D eigenvalue weighted by Gasteiger charge is 2.26. The third kappa shape index (κ3) is 3.53. The van der Waals surface area contributed by atoms with Crippen molar-refractivity contribution in [1.29, 1.82) is 0 Å². The van der Waals surface area contributed by atoms with Gasteiger partial charge in [-0.15, -0.1) is 22.7 Å². The summed E-state index contributed by atoms with van der Waals surface area (Å²) >= 11 is 2.87. The first-order valence-corrected chi connectivity index (χ1v) is 11.0. The van der Waals surface area contributed by atoms with Crippen molar-refractivity contribution in [3.63, 3.8) is 0 Å². The number of benzene rings is 1. The minimum Gasteiger partial charge on any atom is -0.465 e. The highest BCUT2D eigenvalue weighted by atomic mass is 32.1. The Balaban J connectivity index is 1.75. The van der Waals surface area contributed by atoms with Crippen molar-refractivity contribution in [3.8, 4) is 11.1 Å². The quantitative estimate of drug-likeness (QED) is 0.432. The van der Waals surface area contributed by atoms with Gasteiger partial charge in [-0.2, -0.15) is 0 Å². The molecule has 0 bridgehead atoms. The standard InChI is InChI=1S/C22H21N3O3S2/c1-11-6-7-15(8-12(11)2)17-14(4)30-20(18(17)21(27)28-5)24-19(26)16-10-25-9-13(3)29-22(25)23-16/h6-10H,1-5H3,(H,24,26). The summed E-state index contributed by atoms with van der Waals surface area (Å²) < 4.78 is 6.87. The predicted octanol–water partition coefficient (Wildman–Crippen LogP) is 5.40. The van der Waals surface area contributed by atoms with E-state index in [2.05, 4.69) is 10.3 Å². The van der Waals surface area contributed by atoms with Gasteiger partial charge in [0.25, 0.3) is 5.91 Å². The Morgan fingerprint density at radius 1 is 1.07 bits per heavy atom. The van der Waals surface area contributed by atoms with E-state index in [1.54, 1.807) is 6.20 Å². The number of anilines is 1. The Labute approximate surface area is 182 Å². The van der Waals surface area contributed by atoms with Crippen LogP contribution in [0, 0.1) is 27.7 Å². The fraction of sp³-hybridized carbons (Fsp3) is 0.227. The minimum absolute atomic E-state index is 0.302. The lowest BCUT2D eigenvalue weighted by Crippen LogP contribution is -2.14. The zero-order valence-electron chi connectivity index (χ0n) is 17.3. The number of carbonyl (C=O) groups excluding carboxylic acids is 2. The second kappa shape index (κ2) is 7.70. The van der Waals surface area contributed by atoms with Crippen molar-refractivity contribution in [1.82, 2.24) is 9.38 Å². The first-order valence-electron chi connectivity index (χ1n) is 9.34. The zero-order chi connectivity index (χ0) is 21.6. The molecule has 0 atom stereocenters. The summed E-state index contributed by atoms with van der Waals surface area (Å²) in [5.74, 6) is -0.842. The maximum absolute atomic E-state index is 12.9. The van der Waals surface area contributed by atoms with Gasteiger partial charge in [0.05, 0.1) is 7.11 Å². The first kappa shape index (κ1) is 20.3. The van der Waals surface area contributed by atoms with E-state index in [1.807, 2.05) is 56.5 Å². The van der Waals surface area contributed by atoms with Crippen LogP contribution in [0.3, 0.4) is 0 Å². The number of aryl methyl sites for hydroxylation is 4. The number of methoxy groups -OCH3 is 1. The molecule has 0 aliphatic rings. The average Bonchev–Trinajstić information content (AvgIpc) is 3.34.